The van der Waals surface area contributed by atoms with Crippen molar-refractivity contribution in [1.29, 1.82) is 0 Å². The lowest BCUT2D eigenvalue weighted by atomic mass is 10.3. The third-order valence-electron chi connectivity index (χ3n) is 2.94. The van der Waals surface area contributed by atoms with Crippen LogP contribution in [0.25, 0.3) is 0 Å². The van der Waals surface area contributed by atoms with Gasteiger partial charge in [-0.15, -0.1) is 11.3 Å². The van der Waals surface area contributed by atoms with Crippen LogP contribution in [0.15, 0.2) is 24.3 Å². The minimum Gasteiger partial charge on any atom is -0.461 e. The Morgan fingerprint density at radius 2 is 2.10 bits per heavy atom. The third kappa shape index (κ3) is 3.21. The number of ether oxygens (including phenoxy) is 1. The van der Waals surface area contributed by atoms with E-state index in [1.54, 1.807) is 30.0 Å². The van der Waals surface area contributed by atoms with Gasteiger partial charge < -0.3 is 9.64 Å². The zero-order valence-electron chi connectivity index (χ0n) is 12.2. The molecule has 0 amide bonds. The van der Waals surface area contributed by atoms with E-state index in [1.807, 2.05) is 13.8 Å². The molecule has 0 N–H and O–H groups in total. The lowest BCUT2D eigenvalue weighted by Gasteiger charge is -2.20. The number of hydrogen-bond donors (Lipinski definition) is 0. The highest BCUT2D eigenvalue weighted by Crippen LogP contribution is 2.32. The van der Waals surface area contributed by atoms with Gasteiger partial charge in [0, 0.05) is 11.4 Å². The summed E-state index contributed by atoms with van der Waals surface area (Å²) in [6.07, 6.45) is 0. The largest absolute Gasteiger partial charge is 0.461 e. The van der Waals surface area contributed by atoms with Gasteiger partial charge in [0.1, 0.15) is 5.82 Å². The van der Waals surface area contributed by atoms with E-state index in [1.165, 1.54) is 17.4 Å². The van der Waals surface area contributed by atoms with E-state index in [0.29, 0.717) is 29.7 Å². The van der Waals surface area contributed by atoms with Crippen molar-refractivity contribution in [3.63, 3.8) is 0 Å². The predicted molar refractivity (Wildman–Crippen MR) is 81.9 cm³/mol. The van der Waals surface area contributed by atoms with Crippen LogP contribution in [0.2, 0.25) is 0 Å². The normalized spacial score (nSPS) is 10.5. The summed E-state index contributed by atoms with van der Waals surface area (Å²) in [4.78, 5) is 18.7. The summed E-state index contributed by atoms with van der Waals surface area (Å²) >= 11 is 1.35. The van der Waals surface area contributed by atoms with Crippen molar-refractivity contribution in [3.05, 3.63) is 40.7 Å². The summed E-state index contributed by atoms with van der Waals surface area (Å²) < 4.78 is 18.9. The highest BCUT2D eigenvalue weighted by atomic mass is 32.1. The minimum absolute atomic E-state index is 0.298. The summed E-state index contributed by atoms with van der Waals surface area (Å²) in [5, 5.41) is 0.586. The number of carbonyl (C=O) groups excluding carboxylic acids is 1. The van der Waals surface area contributed by atoms with E-state index in [-0.39, 0.29) is 5.82 Å². The summed E-state index contributed by atoms with van der Waals surface area (Å²) in [5.74, 6) is -0.757. The van der Waals surface area contributed by atoms with Crippen molar-refractivity contribution in [3.8, 4) is 0 Å². The number of aryl methyl sites for hydroxylation is 1. The number of para-hydroxylation sites is 1. The Kier molecular flexibility index (Phi) is 4.90. The van der Waals surface area contributed by atoms with Crippen LogP contribution < -0.4 is 4.90 Å². The topological polar surface area (TPSA) is 42.4 Å². The molecule has 0 saturated carbocycles. The number of esters is 1. The van der Waals surface area contributed by atoms with Crippen molar-refractivity contribution >= 4 is 28.1 Å². The Morgan fingerprint density at radius 3 is 2.71 bits per heavy atom. The number of thiazole rings is 1. The van der Waals surface area contributed by atoms with E-state index in [4.69, 9.17) is 4.74 Å². The Morgan fingerprint density at radius 1 is 1.38 bits per heavy atom. The summed E-state index contributed by atoms with van der Waals surface area (Å²) in [6.45, 7) is 6.32. The van der Waals surface area contributed by atoms with Gasteiger partial charge in [0.25, 0.3) is 0 Å². The van der Waals surface area contributed by atoms with Crippen LogP contribution in [-0.4, -0.2) is 24.1 Å². The average molecular weight is 308 g/mol. The standard InChI is InChI=1S/C15H17FN2O2S/c1-4-18(12-9-7-6-8-11(12)16)15-17-13(10(3)21-15)14(19)20-5-2/h6-9H,4-5H2,1-3H3. The second-order valence-corrected chi connectivity index (χ2v) is 5.50. The highest BCUT2D eigenvalue weighted by molar-refractivity contribution is 7.15. The minimum atomic E-state index is -0.443. The van der Waals surface area contributed by atoms with Gasteiger partial charge in [-0.1, -0.05) is 12.1 Å². The first-order valence-electron chi connectivity index (χ1n) is 6.75. The van der Waals surface area contributed by atoms with Crippen LogP contribution in [0.1, 0.15) is 29.2 Å². The summed E-state index contributed by atoms with van der Waals surface area (Å²) in [5.41, 5.74) is 0.746. The molecule has 0 aliphatic carbocycles. The van der Waals surface area contributed by atoms with Crippen molar-refractivity contribution < 1.29 is 13.9 Å². The van der Waals surface area contributed by atoms with Crippen molar-refractivity contribution in [2.45, 2.75) is 20.8 Å². The van der Waals surface area contributed by atoms with Crippen LogP contribution >= 0.6 is 11.3 Å². The van der Waals surface area contributed by atoms with Crippen molar-refractivity contribution in [2.24, 2.45) is 0 Å². The van der Waals surface area contributed by atoms with E-state index in [9.17, 15) is 9.18 Å². The molecular formula is C15H17FN2O2S. The lowest BCUT2D eigenvalue weighted by molar-refractivity contribution is 0.0519. The lowest BCUT2D eigenvalue weighted by Crippen LogP contribution is -2.17. The number of hydrogen-bond acceptors (Lipinski definition) is 5. The van der Waals surface area contributed by atoms with Gasteiger partial charge in [-0.3, -0.25) is 0 Å². The van der Waals surface area contributed by atoms with Crippen LogP contribution in [0, 0.1) is 12.7 Å². The van der Waals surface area contributed by atoms with E-state index >= 15 is 0 Å². The number of nitrogens with zero attached hydrogens (tertiary/aromatic N) is 2. The molecular weight excluding hydrogens is 291 g/mol. The van der Waals surface area contributed by atoms with Crippen molar-refractivity contribution in [1.82, 2.24) is 4.98 Å². The molecule has 1 aromatic carbocycles. The van der Waals surface area contributed by atoms with Crippen LogP contribution in [-0.2, 0) is 4.74 Å². The maximum absolute atomic E-state index is 13.9. The number of aromatic nitrogens is 1. The number of halogens is 1. The first kappa shape index (κ1) is 15.4. The molecule has 0 bridgehead atoms. The van der Waals surface area contributed by atoms with Crippen LogP contribution in [0.4, 0.5) is 15.2 Å². The average Bonchev–Trinajstić information content (AvgIpc) is 2.84. The molecule has 0 spiro atoms. The smallest absolute Gasteiger partial charge is 0.358 e. The molecule has 0 unspecified atom stereocenters. The van der Waals surface area contributed by atoms with Gasteiger partial charge in [-0.2, -0.15) is 0 Å². The molecule has 2 aromatic rings. The summed E-state index contributed by atoms with van der Waals surface area (Å²) in [7, 11) is 0. The fraction of sp³-hybridized carbons (Fsp3) is 0.333. The van der Waals surface area contributed by atoms with E-state index < -0.39 is 5.97 Å². The quantitative estimate of drug-likeness (QED) is 0.785. The maximum atomic E-state index is 13.9. The zero-order valence-corrected chi connectivity index (χ0v) is 13.0. The third-order valence-corrected chi connectivity index (χ3v) is 3.94. The molecule has 6 heteroatoms. The maximum Gasteiger partial charge on any atom is 0.358 e. The Balaban J connectivity index is 2.38. The van der Waals surface area contributed by atoms with Crippen LogP contribution in [0.3, 0.4) is 0 Å². The number of carbonyl (C=O) groups is 1. The molecule has 1 aromatic heterocycles. The Bertz CT molecular complexity index is 642. The summed E-state index contributed by atoms with van der Waals surface area (Å²) in [6, 6.07) is 6.52. The molecule has 1 heterocycles. The van der Waals surface area contributed by atoms with Gasteiger partial charge in [-0.05, 0) is 32.9 Å². The Hall–Kier alpha value is -1.95. The number of anilines is 2. The SMILES string of the molecule is CCOC(=O)c1nc(N(CC)c2ccccc2F)sc1C. The van der Waals surface area contributed by atoms with E-state index in [2.05, 4.69) is 4.98 Å². The monoisotopic (exact) mass is 308 g/mol. The molecule has 0 saturated heterocycles. The van der Waals surface area contributed by atoms with E-state index in [0.717, 1.165) is 4.88 Å². The van der Waals surface area contributed by atoms with Gasteiger partial charge in [-0.25, -0.2) is 14.2 Å². The molecule has 4 nitrogen and oxygen atoms in total. The molecule has 2 rings (SSSR count). The number of benzene rings is 1. The van der Waals surface area contributed by atoms with Gasteiger partial charge >= 0.3 is 5.97 Å². The van der Waals surface area contributed by atoms with Gasteiger partial charge in [0.15, 0.2) is 10.8 Å². The molecule has 0 fully saturated rings. The molecule has 0 aliphatic heterocycles. The van der Waals surface area contributed by atoms with Crippen LogP contribution in [0.5, 0.6) is 0 Å². The first-order chi connectivity index (χ1) is 10.1. The zero-order chi connectivity index (χ0) is 15.4. The van der Waals surface area contributed by atoms with Crippen molar-refractivity contribution in [2.75, 3.05) is 18.1 Å². The fourth-order valence-corrected chi connectivity index (χ4v) is 2.94. The molecule has 0 atom stereocenters. The molecule has 0 aliphatic rings. The number of rotatable bonds is 5. The predicted octanol–water partition coefficient (Wildman–Crippen LogP) is 3.93. The second kappa shape index (κ2) is 6.67. The highest BCUT2D eigenvalue weighted by Gasteiger charge is 2.21. The first-order valence-corrected chi connectivity index (χ1v) is 7.56. The molecule has 21 heavy (non-hydrogen) atoms. The fourth-order valence-electron chi connectivity index (χ4n) is 1.97. The van der Waals surface area contributed by atoms with Gasteiger partial charge in [0.05, 0.1) is 12.3 Å². The molecule has 112 valence electrons. The molecule has 0 radical (unpaired) electrons. The van der Waals surface area contributed by atoms with Gasteiger partial charge in [0.2, 0.25) is 0 Å². The Labute approximate surface area is 127 Å². The second-order valence-electron chi connectivity index (χ2n) is 4.32.